The lowest BCUT2D eigenvalue weighted by Crippen LogP contribution is -2.47. The number of H-pyrrole nitrogens is 1. The standard InChI is InChI=1S/C14H18N4O2/c1-10(18-4-6-20-7-5-18)14(19)16-12-3-2-11-9-15-17-13(11)8-12/h2-3,8-10H,4-7H2,1H3,(H,15,17)(H,16,19). The Balaban J connectivity index is 1.67. The highest BCUT2D eigenvalue weighted by atomic mass is 16.5. The average Bonchev–Trinajstić information content (AvgIpc) is 2.95. The minimum absolute atomic E-state index is 0.00534. The number of morpholine rings is 1. The molecule has 0 radical (unpaired) electrons. The smallest absolute Gasteiger partial charge is 0.241 e. The lowest BCUT2D eigenvalue weighted by molar-refractivity contribution is -0.122. The van der Waals surface area contributed by atoms with Gasteiger partial charge in [-0.15, -0.1) is 0 Å². The van der Waals surface area contributed by atoms with E-state index in [1.807, 2.05) is 25.1 Å². The van der Waals surface area contributed by atoms with Crippen molar-refractivity contribution in [2.45, 2.75) is 13.0 Å². The highest BCUT2D eigenvalue weighted by Crippen LogP contribution is 2.17. The summed E-state index contributed by atoms with van der Waals surface area (Å²) in [6, 6.07) is 5.57. The largest absolute Gasteiger partial charge is 0.379 e. The Morgan fingerprint density at radius 2 is 2.25 bits per heavy atom. The van der Waals surface area contributed by atoms with Crippen molar-refractivity contribution in [1.29, 1.82) is 0 Å². The first-order valence-corrected chi connectivity index (χ1v) is 6.80. The van der Waals surface area contributed by atoms with Crippen molar-refractivity contribution in [1.82, 2.24) is 15.1 Å². The molecule has 0 saturated carbocycles. The zero-order valence-electron chi connectivity index (χ0n) is 11.4. The number of amides is 1. The fourth-order valence-electron chi connectivity index (χ4n) is 2.39. The van der Waals surface area contributed by atoms with Gasteiger partial charge >= 0.3 is 0 Å². The van der Waals surface area contributed by atoms with E-state index in [1.54, 1.807) is 6.20 Å². The van der Waals surface area contributed by atoms with Crippen LogP contribution in [0.15, 0.2) is 24.4 Å². The van der Waals surface area contributed by atoms with Crippen molar-refractivity contribution in [3.63, 3.8) is 0 Å². The number of anilines is 1. The highest BCUT2D eigenvalue weighted by molar-refractivity contribution is 5.96. The van der Waals surface area contributed by atoms with Crippen molar-refractivity contribution >= 4 is 22.5 Å². The van der Waals surface area contributed by atoms with Gasteiger partial charge < -0.3 is 10.1 Å². The summed E-state index contributed by atoms with van der Waals surface area (Å²) in [6.45, 7) is 4.91. The van der Waals surface area contributed by atoms with Crippen LogP contribution in [0.1, 0.15) is 6.92 Å². The van der Waals surface area contributed by atoms with E-state index in [-0.39, 0.29) is 11.9 Å². The quantitative estimate of drug-likeness (QED) is 0.883. The fraction of sp³-hybridized carbons (Fsp3) is 0.429. The maximum atomic E-state index is 12.3. The third-order valence-corrected chi connectivity index (χ3v) is 3.68. The Morgan fingerprint density at radius 3 is 3.05 bits per heavy atom. The molecule has 1 aromatic heterocycles. The Kier molecular flexibility index (Phi) is 3.66. The summed E-state index contributed by atoms with van der Waals surface area (Å²) in [5.41, 5.74) is 1.70. The fourth-order valence-corrected chi connectivity index (χ4v) is 2.39. The molecule has 2 N–H and O–H groups in total. The van der Waals surface area contributed by atoms with E-state index < -0.39 is 0 Å². The Hall–Kier alpha value is -1.92. The first kappa shape index (κ1) is 13.1. The summed E-state index contributed by atoms with van der Waals surface area (Å²) in [6.07, 6.45) is 1.76. The minimum atomic E-state index is -0.156. The second kappa shape index (κ2) is 5.60. The molecule has 1 atom stereocenters. The lowest BCUT2D eigenvalue weighted by atomic mass is 10.2. The molecule has 1 aliphatic rings. The molecule has 0 aliphatic carbocycles. The number of aromatic amines is 1. The molecule has 1 aliphatic heterocycles. The number of ether oxygens (including phenoxy) is 1. The summed E-state index contributed by atoms with van der Waals surface area (Å²) in [4.78, 5) is 14.4. The van der Waals surface area contributed by atoms with Crippen LogP contribution in [0.5, 0.6) is 0 Å². The minimum Gasteiger partial charge on any atom is -0.379 e. The first-order valence-electron chi connectivity index (χ1n) is 6.80. The van der Waals surface area contributed by atoms with Crippen molar-refractivity contribution in [2.24, 2.45) is 0 Å². The van der Waals surface area contributed by atoms with Crippen LogP contribution < -0.4 is 5.32 Å². The number of hydrogen-bond donors (Lipinski definition) is 2. The SMILES string of the molecule is CC(C(=O)Nc1ccc2cn[nH]c2c1)N1CCOCC1. The molecule has 1 saturated heterocycles. The molecule has 0 bridgehead atoms. The number of rotatable bonds is 3. The van der Waals surface area contributed by atoms with Gasteiger partial charge in [0.2, 0.25) is 5.91 Å². The first-order chi connectivity index (χ1) is 9.74. The summed E-state index contributed by atoms with van der Waals surface area (Å²) < 4.78 is 5.30. The van der Waals surface area contributed by atoms with Crippen LogP contribution in [0.2, 0.25) is 0 Å². The maximum absolute atomic E-state index is 12.3. The number of carbonyl (C=O) groups excluding carboxylic acids is 1. The number of aromatic nitrogens is 2. The zero-order chi connectivity index (χ0) is 13.9. The van der Waals surface area contributed by atoms with Crippen LogP contribution in [0, 0.1) is 0 Å². The topological polar surface area (TPSA) is 70.2 Å². The van der Waals surface area contributed by atoms with E-state index >= 15 is 0 Å². The van der Waals surface area contributed by atoms with Crippen molar-refractivity contribution < 1.29 is 9.53 Å². The van der Waals surface area contributed by atoms with Crippen LogP contribution in [0.25, 0.3) is 10.9 Å². The number of benzene rings is 1. The van der Waals surface area contributed by atoms with Gasteiger partial charge in [0.1, 0.15) is 0 Å². The molecule has 1 fully saturated rings. The second-order valence-corrected chi connectivity index (χ2v) is 4.99. The number of nitrogens with zero attached hydrogens (tertiary/aromatic N) is 2. The molecule has 1 aromatic carbocycles. The van der Waals surface area contributed by atoms with Crippen LogP contribution in [-0.4, -0.2) is 53.3 Å². The molecule has 20 heavy (non-hydrogen) atoms. The van der Waals surface area contributed by atoms with Gasteiger partial charge in [0.15, 0.2) is 0 Å². The van der Waals surface area contributed by atoms with Crippen LogP contribution in [0.4, 0.5) is 5.69 Å². The van der Waals surface area contributed by atoms with Crippen molar-refractivity contribution in [3.8, 4) is 0 Å². The predicted molar refractivity (Wildman–Crippen MR) is 76.6 cm³/mol. The van der Waals surface area contributed by atoms with Gasteiger partial charge in [0.05, 0.1) is 31.0 Å². The molecule has 6 heteroatoms. The van der Waals surface area contributed by atoms with Crippen LogP contribution >= 0.6 is 0 Å². The van der Waals surface area contributed by atoms with Gasteiger partial charge in [-0.05, 0) is 25.1 Å². The molecule has 6 nitrogen and oxygen atoms in total. The predicted octanol–water partition coefficient (Wildman–Crippen LogP) is 1.22. The van der Waals surface area contributed by atoms with Gasteiger partial charge in [-0.3, -0.25) is 14.8 Å². The van der Waals surface area contributed by atoms with Gasteiger partial charge in [0, 0.05) is 24.2 Å². The molecule has 2 heterocycles. The van der Waals surface area contributed by atoms with E-state index in [4.69, 9.17) is 4.74 Å². The zero-order valence-corrected chi connectivity index (χ0v) is 11.4. The molecule has 3 rings (SSSR count). The molecule has 106 valence electrons. The number of fused-ring (bicyclic) bond motifs is 1. The Morgan fingerprint density at radius 1 is 1.45 bits per heavy atom. The van der Waals surface area contributed by atoms with E-state index in [2.05, 4.69) is 20.4 Å². The average molecular weight is 274 g/mol. The monoisotopic (exact) mass is 274 g/mol. The van der Waals surface area contributed by atoms with E-state index in [0.29, 0.717) is 13.2 Å². The molecule has 1 amide bonds. The Bertz CT molecular complexity index is 604. The van der Waals surface area contributed by atoms with Crippen LogP contribution in [-0.2, 0) is 9.53 Å². The van der Waals surface area contributed by atoms with E-state index in [9.17, 15) is 4.79 Å². The van der Waals surface area contributed by atoms with Gasteiger partial charge in [-0.25, -0.2) is 0 Å². The maximum Gasteiger partial charge on any atom is 0.241 e. The van der Waals surface area contributed by atoms with Gasteiger partial charge in [0.25, 0.3) is 0 Å². The number of nitrogens with one attached hydrogen (secondary N) is 2. The number of carbonyl (C=O) groups is 1. The molecule has 0 spiro atoms. The molecule has 2 aromatic rings. The van der Waals surface area contributed by atoms with Gasteiger partial charge in [-0.2, -0.15) is 5.10 Å². The lowest BCUT2D eigenvalue weighted by Gasteiger charge is -2.31. The Labute approximate surface area is 117 Å². The normalized spacial score (nSPS) is 18.1. The summed E-state index contributed by atoms with van der Waals surface area (Å²) >= 11 is 0. The molecular weight excluding hydrogens is 256 g/mol. The highest BCUT2D eigenvalue weighted by Gasteiger charge is 2.23. The van der Waals surface area contributed by atoms with E-state index in [1.165, 1.54) is 0 Å². The van der Waals surface area contributed by atoms with E-state index in [0.717, 1.165) is 29.7 Å². The molecular formula is C14H18N4O2. The van der Waals surface area contributed by atoms with Crippen molar-refractivity contribution in [2.75, 3.05) is 31.6 Å². The molecule has 1 unspecified atom stereocenters. The summed E-state index contributed by atoms with van der Waals surface area (Å²) in [7, 11) is 0. The third-order valence-electron chi connectivity index (χ3n) is 3.68. The summed E-state index contributed by atoms with van der Waals surface area (Å²) in [5, 5.41) is 10.9. The third kappa shape index (κ3) is 2.66. The second-order valence-electron chi connectivity index (χ2n) is 4.99. The van der Waals surface area contributed by atoms with Gasteiger partial charge in [-0.1, -0.05) is 0 Å². The van der Waals surface area contributed by atoms with Crippen LogP contribution in [0.3, 0.4) is 0 Å². The summed E-state index contributed by atoms with van der Waals surface area (Å²) in [5.74, 6) is 0.00534. The van der Waals surface area contributed by atoms with Crippen molar-refractivity contribution in [3.05, 3.63) is 24.4 Å². The number of hydrogen-bond acceptors (Lipinski definition) is 4.